The minimum atomic E-state index is 0.264. The summed E-state index contributed by atoms with van der Waals surface area (Å²) < 4.78 is 7.54. The highest BCUT2D eigenvalue weighted by Gasteiger charge is 2.25. The van der Waals surface area contributed by atoms with E-state index in [9.17, 15) is 0 Å². The standard InChI is InChI=1S/C15H21N5O/c1-12-11-21-13(2)8-19(12)10-15-16-17-18-20(15)9-14-6-4-3-5-7-14/h3-7,12-13H,8-11H2,1-2H3. The maximum atomic E-state index is 5.67. The van der Waals surface area contributed by atoms with E-state index in [1.807, 2.05) is 22.9 Å². The van der Waals surface area contributed by atoms with Crippen molar-refractivity contribution in [1.29, 1.82) is 0 Å². The molecule has 2 unspecified atom stereocenters. The minimum absolute atomic E-state index is 0.264. The number of aromatic nitrogens is 4. The Balaban J connectivity index is 1.70. The molecular weight excluding hydrogens is 266 g/mol. The van der Waals surface area contributed by atoms with Crippen molar-refractivity contribution in [3.63, 3.8) is 0 Å². The summed E-state index contributed by atoms with van der Waals surface area (Å²) in [4.78, 5) is 2.38. The Hall–Kier alpha value is -1.79. The molecule has 1 aliphatic rings. The van der Waals surface area contributed by atoms with E-state index in [0.717, 1.165) is 25.5 Å². The maximum Gasteiger partial charge on any atom is 0.165 e. The van der Waals surface area contributed by atoms with E-state index >= 15 is 0 Å². The molecule has 0 saturated carbocycles. The second-order valence-corrected chi connectivity index (χ2v) is 5.66. The lowest BCUT2D eigenvalue weighted by atomic mass is 10.2. The zero-order valence-corrected chi connectivity index (χ0v) is 12.5. The van der Waals surface area contributed by atoms with Crippen molar-refractivity contribution in [1.82, 2.24) is 25.1 Å². The number of hydrogen-bond donors (Lipinski definition) is 0. The number of ether oxygens (including phenoxy) is 1. The van der Waals surface area contributed by atoms with Gasteiger partial charge in [0.15, 0.2) is 5.82 Å². The van der Waals surface area contributed by atoms with Crippen molar-refractivity contribution in [2.75, 3.05) is 13.2 Å². The van der Waals surface area contributed by atoms with Gasteiger partial charge in [-0.05, 0) is 29.8 Å². The van der Waals surface area contributed by atoms with Crippen LogP contribution in [0.1, 0.15) is 25.2 Å². The van der Waals surface area contributed by atoms with Crippen LogP contribution in [0.3, 0.4) is 0 Å². The number of morpholine rings is 1. The van der Waals surface area contributed by atoms with Crippen molar-refractivity contribution in [2.24, 2.45) is 0 Å². The third kappa shape index (κ3) is 3.46. The van der Waals surface area contributed by atoms with Gasteiger partial charge in [-0.15, -0.1) is 5.10 Å². The molecule has 21 heavy (non-hydrogen) atoms. The predicted octanol–water partition coefficient (Wildman–Crippen LogP) is 1.33. The molecule has 0 amide bonds. The van der Waals surface area contributed by atoms with Gasteiger partial charge in [0.25, 0.3) is 0 Å². The van der Waals surface area contributed by atoms with E-state index in [0.29, 0.717) is 12.6 Å². The summed E-state index contributed by atoms with van der Waals surface area (Å²) in [5, 5.41) is 12.1. The summed E-state index contributed by atoms with van der Waals surface area (Å²) in [6.07, 6.45) is 0.264. The van der Waals surface area contributed by atoms with E-state index < -0.39 is 0 Å². The van der Waals surface area contributed by atoms with E-state index in [-0.39, 0.29) is 6.10 Å². The Morgan fingerprint density at radius 2 is 2.00 bits per heavy atom. The van der Waals surface area contributed by atoms with Crippen molar-refractivity contribution >= 4 is 0 Å². The smallest absolute Gasteiger partial charge is 0.165 e. The highest BCUT2D eigenvalue weighted by Crippen LogP contribution is 2.14. The third-order valence-corrected chi connectivity index (χ3v) is 3.86. The first-order valence-corrected chi connectivity index (χ1v) is 7.37. The van der Waals surface area contributed by atoms with Crippen molar-refractivity contribution in [3.05, 3.63) is 41.7 Å². The topological polar surface area (TPSA) is 56.1 Å². The number of rotatable bonds is 4. The van der Waals surface area contributed by atoms with Gasteiger partial charge in [0, 0.05) is 12.6 Å². The second kappa shape index (κ2) is 6.32. The van der Waals surface area contributed by atoms with Crippen LogP contribution in [0.25, 0.3) is 0 Å². The van der Waals surface area contributed by atoms with Gasteiger partial charge in [0.05, 0.1) is 25.8 Å². The lowest BCUT2D eigenvalue weighted by Crippen LogP contribution is -2.47. The Morgan fingerprint density at radius 3 is 2.81 bits per heavy atom. The van der Waals surface area contributed by atoms with E-state index in [2.05, 4.69) is 46.4 Å². The van der Waals surface area contributed by atoms with Crippen LogP contribution in [0.15, 0.2) is 30.3 Å². The molecule has 6 heteroatoms. The van der Waals surface area contributed by atoms with E-state index in [1.165, 1.54) is 5.56 Å². The van der Waals surface area contributed by atoms with Crippen molar-refractivity contribution in [2.45, 2.75) is 39.1 Å². The van der Waals surface area contributed by atoms with Crippen LogP contribution in [0, 0.1) is 0 Å². The Morgan fingerprint density at radius 1 is 1.19 bits per heavy atom. The molecule has 2 heterocycles. The molecule has 1 fully saturated rings. The van der Waals surface area contributed by atoms with E-state index in [1.54, 1.807) is 0 Å². The van der Waals surface area contributed by atoms with Crippen molar-refractivity contribution < 1.29 is 4.74 Å². The second-order valence-electron chi connectivity index (χ2n) is 5.66. The molecule has 0 aliphatic carbocycles. The lowest BCUT2D eigenvalue weighted by Gasteiger charge is -2.36. The molecule has 2 atom stereocenters. The van der Waals surface area contributed by atoms with Crippen LogP contribution in [0.4, 0.5) is 0 Å². The predicted molar refractivity (Wildman–Crippen MR) is 78.6 cm³/mol. The molecule has 1 saturated heterocycles. The molecule has 0 N–H and O–H groups in total. The van der Waals surface area contributed by atoms with Crippen LogP contribution in [-0.2, 0) is 17.8 Å². The Bertz CT molecular complexity index is 570. The van der Waals surface area contributed by atoms with Crippen LogP contribution in [-0.4, -0.2) is 50.4 Å². The van der Waals surface area contributed by atoms with Gasteiger partial charge in [-0.25, -0.2) is 4.68 Å². The summed E-state index contributed by atoms with van der Waals surface area (Å²) in [7, 11) is 0. The molecule has 2 aromatic rings. The monoisotopic (exact) mass is 287 g/mol. The first-order chi connectivity index (χ1) is 10.2. The van der Waals surface area contributed by atoms with Gasteiger partial charge in [-0.3, -0.25) is 4.90 Å². The highest BCUT2D eigenvalue weighted by molar-refractivity contribution is 5.14. The Labute approximate surface area is 124 Å². The lowest BCUT2D eigenvalue weighted by molar-refractivity contribution is -0.0538. The summed E-state index contributed by atoms with van der Waals surface area (Å²) in [6.45, 7) is 7.43. The molecule has 0 spiro atoms. The molecule has 6 nitrogen and oxygen atoms in total. The SMILES string of the molecule is CC1CN(Cc2nnnn2Cc2ccccc2)C(C)CO1. The maximum absolute atomic E-state index is 5.67. The van der Waals surface area contributed by atoms with Gasteiger partial charge >= 0.3 is 0 Å². The average molecular weight is 287 g/mol. The van der Waals surface area contributed by atoms with E-state index in [4.69, 9.17) is 4.74 Å². The number of nitrogens with zero attached hydrogens (tertiary/aromatic N) is 5. The van der Waals surface area contributed by atoms with Crippen molar-refractivity contribution in [3.8, 4) is 0 Å². The van der Waals surface area contributed by atoms with Gasteiger partial charge in [-0.1, -0.05) is 30.3 Å². The quantitative estimate of drug-likeness (QED) is 0.849. The molecule has 0 bridgehead atoms. The average Bonchev–Trinajstić information content (AvgIpc) is 2.91. The number of benzene rings is 1. The fourth-order valence-electron chi connectivity index (χ4n) is 2.59. The largest absolute Gasteiger partial charge is 0.376 e. The van der Waals surface area contributed by atoms with Gasteiger partial charge in [0.1, 0.15) is 0 Å². The fraction of sp³-hybridized carbons (Fsp3) is 0.533. The first-order valence-electron chi connectivity index (χ1n) is 7.37. The molecule has 1 aliphatic heterocycles. The Kier molecular flexibility index (Phi) is 4.26. The van der Waals surface area contributed by atoms with Gasteiger partial charge in [-0.2, -0.15) is 0 Å². The summed E-state index contributed by atoms with van der Waals surface area (Å²) >= 11 is 0. The minimum Gasteiger partial charge on any atom is -0.376 e. The molecule has 3 rings (SSSR count). The number of tetrazole rings is 1. The zero-order chi connectivity index (χ0) is 14.7. The zero-order valence-electron chi connectivity index (χ0n) is 12.5. The van der Waals surface area contributed by atoms with Crippen LogP contribution >= 0.6 is 0 Å². The summed E-state index contributed by atoms with van der Waals surface area (Å²) in [5.74, 6) is 0.903. The normalized spacial score (nSPS) is 23.3. The summed E-state index contributed by atoms with van der Waals surface area (Å²) in [6, 6.07) is 10.6. The molecule has 1 aromatic heterocycles. The summed E-state index contributed by atoms with van der Waals surface area (Å²) in [5.41, 5.74) is 1.20. The van der Waals surface area contributed by atoms with Crippen LogP contribution in [0.5, 0.6) is 0 Å². The molecular formula is C15H21N5O. The molecule has 1 aromatic carbocycles. The fourth-order valence-corrected chi connectivity index (χ4v) is 2.59. The molecule has 0 radical (unpaired) electrons. The molecule has 112 valence electrons. The van der Waals surface area contributed by atoms with Gasteiger partial charge in [0.2, 0.25) is 0 Å². The third-order valence-electron chi connectivity index (χ3n) is 3.86. The first kappa shape index (κ1) is 14.2. The van der Waals surface area contributed by atoms with Crippen LogP contribution in [0.2, 0.25) is 0 Å². The highest BCUT2D eigenvalue weighted by atomic mass is 16.5. The number of hydrogen-bond acceptors (Lipinski definition) is 5. The van der Waals surface area contributed by atoms with Crippen LogP contribution < -0.4 is 0 Å². The van der Waals surface area contributed by atoms with Gasteiger partial charge < -0.3 is 4.74 Å².